The minimum Gasteiger partial charge on any atom is -0.494 e. The van der Waals surface area contributed by atoms with Crippen molar-refractivity contribution in [1.29, 1.82) is 0 Å². The van der Waals surface area contributed by atoms with Crippen LogP contribution in [0, 0.1) is 0 Å². The average Bonchev–Trinajstić information content (AvgIpc) is 3.49. The third-order valence-electron chi connectivity index (χ3n) is 7.25. The van der Waals surface area contributed by atoms with E-state index in [4.69, 9.17) is 16.3 Å². The lowest BCUT2D eigenvalue weighted by molar-refractivity contribution is -0.139. The van der Waals surface area contributed by atoms with Crippen molar-refractivity contribution in [1.82, 2.24) is 10.2 Å². The number of ether oxygens (including phenoxy) is 1. The van der Waals surface area contributed by atoms with E-state index in [2.05, 4.69) is 21.2 Å². The van der Waals surface area contributed by atoms with Gasteiger partial charge in [0.25, 0.3) is 10.0 Å². The van der Waals surface area contributed by atoms with Gasteiger partial charge in [-0.05, 0) is 92.9 Å². The van der Waals surface area contributed by atoms with Crippen LogP contribution in [-0.2, 0) is 26.2 Å². The van der Waals surface area contributed by atoms with E-state index in [1.807, 2.05) is 6.92 Å². The number of rotatable bonds is 12. The molecule has 1 aliphatic carbocycles. The maximum atomic E-state index is 14.1. The summed E-state index contributed by atoms with van der Waals surface area (Å²) in [6.07, 6.45) is 3.91. The van der Waals surface area contributed by atoms with Crippen molar-refractivity contribution >= 4 is 55.1 Å². The molecule has 3 aromatic carbocycles. The Labute approximate surface area is 261 Å². The van der Waals surface area contributed by atoms with Crippen molar-refractivity contribution in [2.45, 2.75) is 63.1 Å². The fraction of sp³-hybridized carbons (Fsp3) is 0.355. The summed E-state index contributed by atoms with van der Waals surface area (Å²) in [4.78, 5) is 28.8. The summed E-state index contributed by atoms with van der Waals surface area (Å²) in [5.41, 5.74) is 1.06. The van der Waals surface area contributed by atoms with Crippen LogP contribution in [0.4, 0.5) is 5.69 Å². The van der Waals surface area contributed by atoms with Crippen LogP contribution in [0.2, 0.25) is 5.02 Å². The fourth-order valence-electron chi connectivity index (χ4n) is 4.90. The maximum absolute atomic E-state index is 14.1. The van der Waals surface area contributed by atoms with Gasteiger partial charge in [-0.1, -0.05) is 52.5 Å². The first-order valence-electron chi connectivity index (χ1n) is 13.9. The molecule has 42 heavy (non-hydrogen) atoms. The van der Waals surface area contributed by atoms with Gasteiger partial charge in [0.15, 0.2) is 0 Å². The zero-order valence-electron chi connectivity index (χ0n) is 23.6. The first-order chi connectivity index (χ1) is 20.1. The molecule has 224 valence electrons. The highest BCUT2D eigenvalue weighted by Gasteiger charge is 2.33. The van der Waals surface area contributed by atoms with Crippen molar-refractivity contribution in [2.75, 3.05) is 17.5 Å². The van der Waals surface area contributed by atoms with Gasteiger partial charge < -0.3 is 15.0 Å². The molecule has 1 aliphatic rings. The highest BCUT2D eigenvalue weighted by atomic mass is 79.9. The number of carbonyl (C=O) groups is 2. The molecule has 4 rings (SSSR count). The van der Waals surface area contributed by atoms with Gasteiger partial charge >= 0.3 is 0 Å². The standard InChI is InChI=1S/C31H35BrClN3O5S/c1-3-41-28-16-14-27(15-17-28)36(42(39,40)29-18-10-24(32)11-19-29)21-30(37)35(20-23-8-12-25(33)13-9-23)22(2)31(38)34-26-6-4-5-7-26/h8-19,22,26H,3-7,20-21H2,1-2H3,(H,34,38)/t22-/m1/s1. The summed E-state index contributed by atoms with van der Waals surface area (Å²) in [7, 11) is -4.16. The number of hydrogen-bond acceptors (Lipinski definition) is 5. The van der Waals surface area contributed by atoms with Crippen LogP contribution in [0.15, 0.2) is 82.2 Å². The van der Waals surface area contributed by atoms with E-state index in [0.717, 1.165) is 40.0 Å². The summed E-state index contributed by atoms with van der Waals surface area (Å²) < 4.78 is 35.2. The molecule has 0 heterocycles. The van der Waals surface area contributed by atoms with Crippen molar-refractivity contribution in [3.05, 3.63) is 87.9 Å². The van der Waals surface area contributed by atoms with Gasteiger partial charge in [0.05, 0.1) is 17.2 Å². The third kappa shape index (κ3) is 8.05. The van der Waals surface area contributed by atoms with Crippen LogP contribution in [-0.4, -0.2) is 50.4 Å². The van der Waals surface area contributed by atoms with Crippen LogP contribution in [0.5, 0.6) is 5.75 Å². The second-order valence-electron chi connectivity index (χ2n) is 10.2. The quantitative estimate of drug-likeness (QED) is 0.248. The van der Waals surface area contributed by atoms with Crippen LogP contribution in [0.3, 0.4) is 0 Å². The Bertz CT molecular complexity index is 1460. The molecule has 1 atom stereocenters. The molecule has 1 saturated carbocycles. The fourth-order valence-corrected chi connectivity index (χ4v) is 6.70. The second-order valence-corrected chi connectivity index (χ2v) is 13.4. The summed E-state index contributed by atoms with van der Waals surface area (Å²) in [5, 5.41) is 3.62. The minimum atomic E-state index is -4.16. The van der Waals surface area contributed by atoms with E-state index in [1.54, 1.807) is 67.6 Å². The van der Waals surface area contributed by atoms with Crippen molar-refractivity contribution < 1.29 is 22.7 Å². The number of benzene rings is 3. The first kappa shape index (κ1) is 31.8. The Kier molecular flexibility index (Phi) is 10.9. The van der Waals surface area contributed by atoms with Crippen LogP contribution < -0.4 is 14.4 Å². The molecule has 0 saturated heterocycles. The number of halogens is 2. The van der Waals surface area contributed by atoms with E-state index >= 15 is 0 Å². The van der Waals surface area contributed by atoms with Crippen LogP contribution >= 0.6 is 27.5 Å². The van der Waals surface area contributed by atoms with Crippen molar-refractivity contribution in [3.63, 3.8) is 0 Å². The summed E-state index contributed by atoms with van der Waals surface area (Å²) >= 11 is 9.42. The number of carbonyl (C=O) groups excluding carboxylic acids is 2. The Balaban J connectivity index is 1.68. The van der Waals surface area contributed by atoms with E-state index < -0.39 is 28.5 Å². The molecule has 0 aromatic heterocycles. The number of anilines is 1. The Hall–Kier alpha value is -3.08. The molecular formula is C31H35BrClN3O5S. The monoisotopic (exact) mass is 675 g/mol. The Morgan fingerprint density at radius 1 is 1.00 bits per heavy atom. The highest BCUT2D eigenvalue weighted by molar-refractivity contribution is 9.10. The van der Waals surface area contributed by atoms with Gasteiger partial charge in [-0.3, -0.25) is 13.9 Å². The molecule has 0 unspecified atom stereocenters. The molecule has 0 bridgehead atoms. The lowest BCUT2D eigenvalue weighted by atomic mass is 10.1. The van der Waals surface area contributed by atoms with Gasteiger partial charge in [-0.25, -0.2) is 8.42 Å². The second kappa shape index (κ2) is 14.4. The van der Waals surface area contributed by atoms with E-state index in [0.29, 0.717) is 23.1 Å². The van der Waals surface area contributed by atoms with E-state index in [-0.39, 0.29) is 23.4 Å². The van der Waals surface area contributed by atoms with Crippen molar-refractivity contribution in [2.24, 2.45) is 0 Å². The predicted octanol–water partition coefficient (Wildman–Crippen LogP) is 6.17. The lowest BCUT2D eigenvalue weighted by Gasteiger charge is -2.32. The van der Waals surface area contributed by atoms with Gasteiger partial charge in [0.2, 0.25) is 11.8 Å². The summed E-state index contributed by atoms with van der Waals surface area (Å²) in [6.45, 7) is 3.57. The minimum absolute atomic E-state index is 0.0312. The lowest BCUT2D eigenvalue weighted by Crippen LogP contribution is -2.52. The zero-order chi connectivity index (χ0) is 30.3. The number of nitrogens with one attached hydrogen (secondary N) is 1. The normalized spacial score (nSPS) is 14.3. The van der Waals surface area contributed by atoms with Gasteiger partial charge in [-0.2, -0.15) is 0 Å². The molecule has 11 heteroatoms. The van der Waals surface area contributed by atoms with E-state index in [1.165, 1.54) is 17.0 Å². The van der Waals surface area contributed by atoms with Gasteiger partial charge in [0, 0.05) is 22.1 Å². The average molecular weight is 677 g/mol. The van der Waals surface area contributed by atoms with Crippen LogP contribution in [0.1, 0.15) is 45.1 Å². The summed E-state index contributed by atoms with van der Waals surface area (Å²) in [6, 6.07) is 19.0. The SMILES string of the molecule is CCOc1ccc(N(CC(=O)N(Cc2ccc(Cl)cc2)[C@H](C)C(=O)NC2CCCC2)S(=O)(=O)c2ccc(Br)cc2)cc1. The number of nitrogens with zero attached hydrogens (tertiary/aromatic N) is 2. The highest BCUT2D eigenvalue weighted by Crippen LogP contribution is 2.28. The molecule has 0 spiro atoms. The molecular weight excluding hydrogens is 642 g/mol. The molecule has 2 amide bonds. The third-order valence-corrected chi connectivity index (χ3v) is 9.82. The molecule has 8 nitrogen and oxygen atoms in total. The number of amides is 2. The smallest absolute Gasteiger partial charge is 0.264 e. The molecule has 3 aromatic rings. The molecule has 1 N–H and O–H groups in total. The van der Waals surface area contributed by atoms with E-state index in [9.17, 15) is 18.0 Å². The first-order valence-corrected chi connectivity index (χ1v) is 16.5. The van der Waals surface area contributed by atoms with Crippen molar-refractivity contribution in [3.8, 4) is 5.75 Å². The molecule has 1 fully saturated rings. The predicted molar refractivity (Wildman–Crippen MR) is 168 cm³/mol. The zero-order valence-corrected chi connectivity index (χ0v) is 26.8. The Morgan fingerprint density at radius 2 is 1.62 bits per heavy atom. The van der Waals surface area contributed by atoms with Gasteiger partial charge in [-0.15, -0.1) is 0 Å². The molecule has 0 radical (unpaired) electrons. The number of sulfonamides is 1. The molecule has 0 aliphatic heterocycles. The Morgan fingerprint density at radius 3 is 2.21 bits per heavy atom. The largest absolute Gasteiger partial charge is 0.494 e. The maximum Gasteiger partial charge on any atom is 0.264 e. The number of hydrogen-bond donors (Lipinski definition) is 1. The topological polar surface area (TPSA) is 96.0 Å². The van der Waals surface area contributed by atoms with Gasteiger partial charge in [0.1, 0.15) is 18.3 Å². The van der Waals surface area contributed by atoms with Crippen LogP contribution in [0.25, 0.3) is 0 Å². The summed E-state index contributed by atoms with van der Waals surface area (Å²) in [5.74, 6) is -0.212.